The van der Waals surface area contributed by atoms with Crippen LogP contribution < -0.4 is 9.46 Å². The number of non-ortho nitro benzene ring substituents is 1. The quantitative estimate of drug-likeness (QED) is 0.623. The van der Waals surface area contributed by atoms with E-state index in [0.29, 0.717) is 0 Å². The number of sulfonamides is 1. The molecule has 0 aliphatic heterocycles. The first kappa shape index (κ1) is 19.4. The van der Waals surface area contributed by atoms with Crippen molar-refractivity contribution in [1.29, 1.82) is 0 Å². The van der Waals surface area contributed by atoms with Gasteiger partial charge in [0.05, 0.1) is 18.0 Å². The molecule has 2 atom stereocenters. The summed E-state index contributed by atoms with van der Waals surface area (Å²) < 4.78 is 70.7. The molecule has 1 saturated carbocycles. The molecule has 11 heteroatoms. The van der Waals surface area contributed by atoms with Crippen LogP contribution >= 0.6 is 0 Å². The molecule has 2 rings (SSSR count). The van der Waals surface area contributed by atoms with Gasteiger partial charge < -0.3 is 4.74 Å². The first-order chi connectivity index (χ1) is 11.5. The fourth-order valence-electron chi connectivity index (χ4n) is 2.87. The number of benzene rings is 1. The van der Waals surface area contributed by atoms with Crippen LogP contribution in [-0.4, -0.2) is 32.7 Å². The van der Waals surface area contributed by atoms with Gasteiger partial charge in [-0.1, -0.05) is 6.42 Å². The lowest BCUT2D eigenvalue weighted by molar-refractivity contribution is -0.385. The Labute approximate surface area is 142 Å². The Balaban J connectivity index is 2.27. The third kappa shape index (κ3) is 4.60. The van der Waals surface area contributed by atoms with Gasteiger partial charge in [-0.2, -0.15) is 13.2 Å². The van der Waals surface area contributed by atoms with Crippen LogP contribution in [0.1, 0.15) is 25.7 Å². The van der Waals surface area contributed by atoms with E-state index in [4.69, 9.17) is 4.74 Å². The summed E-state index contributed by atoms with van der Waals surface area (Å²) in [5.74, 6) is -1.69. The highest BCUT2D eigenvalue weighted by atomic mass is 32.2. The maximum Gasteiger partial charge on any atom is 0.391 e. The van der Waals surface area contributed by atoms with E-state index in [9.17, 15) is 31.7 Å². The van der Waals surface area contributed by atoms with Crippen molar-refractivity contribution in [3.63, 3.8) is 0 Å². The zero-order valence-corrected chi connectivity index (χ0v) is 14.1. The smallest absolute Gasteiger partial charge is 0.391 e. The van der Waals surface area contributed by atoms with Crippen LogP contribution in [0.3, 0.4) is 0 Å². The molecule has 0 saturated heterocycles. The van der Waals surface area contributed by atoms with E-state index < -0.39 is 43.7 Å². The Hall–Kier alpha value is -1.88. The Morgan fingerprint density at radius 1 is 1.32 bits per heavy atom. The predicted octanol–water partition coefficient (Wildman–Crippen LogP) is 3.00. The van der Waals surface area contributed by atoms with E-state index in [1.807, 2.05) is 0 Å². The standard InChI is InChI=1S/C14H17F3N2O5S/c1-24-12-6-5-11(19(20)21)8-13(12)25(22,23)18-10-4-2-3-9(7-10)14(15,16)17/h5-6,8-10,18H,2-4,7H2,1H3/t9-,10+/m1/s1. The van der Waals surface area contributed by atoms with Crippen molar-refractivity contribution in [2.75, 3.05) is 7.11 Å². The minimum Gasteiger partial charge on any atom is -0.495 e. The maximum absolute atomic E-state index is 12.9. The summed E-state index contributed by atoms with van der Waals surface area (Å²) in [7, 11) is -3.08. The number of nitro groups is 1. The van der Waals surface area contributed by atoms with Crippen LogP contribution in [0.4, 0.5) is 18.9 Å². The lowest BCUT2D eigenvalue weighted by Gasteiger charge is -2.30. The Bertz CT molecular complexity index is 751. The van der Waals surface area contributed by atoms with E-state index in [1.165, 1.54) is 7.11 Å². The molecule has 0 amide bonds. The van der Waals surface area contributed by atoms with Gasteiger partial charge in [0.1, 0.15) is 10.6 Å². The minimum absolute atomic E-state index is 0.0398. The number of alkyl halides is 3. The minimum atomic E-state index is -4.38. The molecule has 1 aromatic rings. The molecule has 0 heterocycles. The number of hydrogen-bond donors (Lipinski definition) is 1. The summed E-state index contributed by atoms with van der Waals surface area (Å²) in [6.45, 7) is 0. The van der Waals surface area contributed by atoms with Crippen LogP contribution in [-0.2, 0) is 10.0 Å². The highest BCUT2D eigenvalue weighted by Crippen LogP contribution is 2.38. The van der Waals surface area contributed by atoms with Gasteiger partial charge in [-0.15, -0.1) is 0 Å². The Kier molecular flexibility index (Phi) is 5.57. The summed E-state index contributed by atoms with van der Waals surface area (Å²) in [5, 5.41) is 10.8. The van der Waals surface area contributed by atoms with Crippen molar-refractivity contribution in [2.24, 2.45) is 5.92 Å². The topological polar surface area (TPSA) is 98.5 Å². The van der Waals surface area contributed by atoms with Gasteiger partial charge in [-0.3, -0.25) is 10.1 Å². The number of methoxy groups -OCH3 is 1. The van der Waals surface area contributed by atoms with E-state index in [2.05, 4.69) is 4.72 Å². The van der Waals surface area contributed by atoms with E-state index in [0.717, 1.165) is 18.2 Å². The van der Waals surface area contributed by atoms with Gasteiger partial charge >= 0.3 is 6.18 Å². The lowest BCUT2D eigenvalue weighted by atomic mass is 9.86. The highest BCUT2D eigenvalue weighted by Gasteiger charge is 2.43. The molecule has 1 aliphatic carbocycles. The van der Waals surface area contributed by atoms with Crippen molar-refractivity contribution in [2.45, 2.75) is 42.8 Å². The number of rotatable bonds is 5. The van der Waals surface area contributed by atoms with Crippen molar-refractivity contribution in [3.8, 4) is 5.75 Å². The molecule has 140 valence electrons. The largest absolute Gasteiger partial charge is 0.495 e. The van der Waals surface area contributed by atoms with Crippen LogP contribution in [0.15, 0.2) is 23.1 Å². The number of nitrogens with one attached hydrogen (secondary N) is 1. The SMILES string of the molecule is COc1ccc([N+](=O)[O-])cc1S(=O)(=O)N[C@H]1CCC[C@@H](C(F)(F)F)C1. The number of ether oxygens (including phenoxy) is 1. The summed E-state index contributed by atoms with van der Waals surface area (Å²) in [6, 6.07) is 2.14. The third-order valence-corrected chi connectivity index (χ3v) is 5.65. The molecule has 1 N–H and O–H groups in total. The second kappa shape index (κ2) is 7.16. The van der Waals surface area contributed by atoms with Crippen LogP contribution in [0.2, 0.25) is 0 Å². The Morgan fingerprint density at radius 3 is 2.56 bits per heavy atom. The van der Waals surface area contributed by atoms with Crippen LogP contribution in [0.25, 0.3) is 0 Å². The molecule has 1 aliphatic rings. The van der Waals surface area contributed by atoms with Gasteiger partial charge in [0.2, 0.25) is 10.0 Å². The molecule has 0 unspecified atom stereocenters. The van der Waals surface area contributed by atoms with Gasteiger partial charge in [0, 0.05) is 18.2 Å². The summed E-state index contributed by atoms with van der Waals surface area (Å²) in [6.07, 6.45) is -4.28. The van der Waals surface area contributed by atoms with Gasteiger partial charge in [0.15, 0.2) is 0 Å². The van der Waals surface area contributed by atoms with Crippen molar-refractivity contribution < 1.29 is 31.2 Å². The van der Waals surface area contributed by atoms with Crippen molar-refractivity contribution in [1.82, 2.24) is 4.72 Å². The molecule has 1 aromatic carbocycles. The van der Waals surface area contributed by atoms with Crippen LogP contribution in [0, 0.1) is 16.0 Å². The number of hydrogen-bond acceptors (Lipinski definition) is 5. The third-order valence-electron chi connectivity index (χ3n) is 4.11. The molecule has 25 heavy (non-hydrogen) atoms. The molecule has 0 bridgehead atoms. The fraction of sp³-hybridized carbons (Fsp3) is 0.571. The Morgan fingerprint density at radius 2 is 2.00 bits per heavy atom. The van der Waals surface area contributed by atoms with Crippen molar-refractivity contribution in [3.05, 3.63) is 28.3 Å². The molecule has 1 fully saturated rings. The molecule has 0 spiro atoms. The van der Waals surface area contributed by atoms with E-state index >= 15 is 0 Å². The molecular formula is C14H17F3N2O5S. The van der Waals surface area contributed by atoms with E-state index in [1.54, 1.807) is 0 Å². The molecule has 0 radical (unpaired) electrons. The molecule has 0 aromatic heterocycles. The summed E-state index contributed by atoms with van der Waals surface area (Å²) in [4.78, 5) is 9.61. The van der Waals surface area contributed by atoms with Crippen LogP contribution in [0.5, 0.6) is 5.75 Å². The normalized spacial score (nSPS) is 21.8. The van der Waals surface area contributed by atoms with Gasteiger partial charge in [0.25, 0.3) is 5.69 Å². The predicted molar refractivity (Wildman–Crippen MR) is 81.8 cm³/mol. The first-order valence-corrected chi connectivity index (χ1v) is 8.94. The first-order valence-electron chi connectivity index (χ1n) is 7.46. The average molecular weight is 382 g/mol. The summed E-state index contributed by atoms with van der Waals surface area (Å²) in [5.41, 5.74) is -0.460. The van der Waals surface area contributed by atoms with Crippen molar-refractivity contribution >= 4 is 15.7 Å². The second-order valence-corrected chi connectivity index (χ2v) is 7.50. The highest BCUT2D eigenvalue weighted by molar-refractivity contribution is 7.89. The van der Waals surface area contributed by atoms with Gasteiger partial charge in [-0.05, 0) is 25.3 Å². The monoisotopic (exact) mass is 382 g/mol. The number of nitro benzene ring substituents is 1. The number of nitrogens with zero attached hydrogens (tertiary/aromatic N) is 1. The zero-order chi connectivity index (χ0) is 18.8. The zero-order valence-electron chi connectivity index (χ0n) is 13.2. The van der Waals surface area contributed by atoms with Gasteiger partial charge in [-0.25, -0.2) is 13.1 Å². The maximum atomic E-state index is 12.9. The molecular weight excluding hydrogens is 365 g/mol. The lowest BCUT2D eigenvalue weighted by Crippen LogP contribution is -2.41. The number of halogens is 3. The van der Waals surface area contributed by atoms with E-state index in [-0.39, 0.29) is 31.4 Å². The average Bonchev–Trinajstić information content (AvgIpc) is 2.53. The summed E-state index contributed by atoms with van der Waals surface area (Å²) >= 11 is 0. The second-order valence-electron chi connectivity index (χ2n) is 5.82. The molecule has 7 nitrogen and oxygen atoms in total. The fourth-order valence-corrected chi connectivity index (χ4v) is 4.34.